The second kappa shape index (κ2) is 10.9. The Labute approximate surface area is 242 Å². The fourth-order valence-electron chi connectivity index (χ4n) is 6.91. The number of phenolic OH excluding ortho intramolecular Hbond substituents is 1. The van der Waals surface area contributed by atoms with Crippen LogP contribution in [-0.4, -0.2) is 99.8 Å². The third-order valence-electron chi connectivity index (χ3n) is 8.99. The molecule has 0 spiro atoms. The Morgan fingerprint density at radius 1 is 1.17 bits per heavy atom. The molecule has 41 heavy (non-hydrogen) atoms. The number of nitrogens with one attached hydrogen (secondary N) is 1. The number of phenols is 1. The van der Waals surface area contributed by atoms with Crippen molar-refractivity contribution >= 4 is 52.2 Å². The quantitative estimate of drug-likeness (QED) is 0.252. The molecule has 2 fully saturated rings. The normalized spacial score (nSPS) is 30.1. The number of likely N-dealkylation sites (N-methyl/N-ethyl adjacent to an activating group) is 2. The van der Waals surface area contributed by atoms with Crippen molar-refractivity contribution in [2.24, 2.45) is 29.4 Å². The number of carbonyl (C=O) groups is 6. The Balaban J connectivity index is 1.77. The fraction of sp³-hybridized carbons (Fsp3) is 0.571. The molecule has 2 amide bonds. The molecule has 1 aromatic rings. The highest BCUT2D eigenvalue weighted by atomic mass is 35.5. The van der Waals surface area contributed by atoms with Crippen molar-refractivity contribution < 1.29 is 39.0 Å². The number of primary amides is 1. The second-order valence-corrected chi connectivity index (χ2v) is 11.7. The molecular formula is C28H35ClN4O8. The van der Waals surface area contributed by atoms with Crippen molar-refractivity contribution in [3.8, 4) is 5.75 Å². The van der Waals surface area contributed by atoms with Crippen molar-refractivity contribution in [1.29, 1.82) is 0 Å². The lowest BCUT2D eigenvalue weighted by molar-refractivity contribution is -0.181. The molecule has 0 aromatic heterocycles. The number of aliphatic hydroxyl groups is 1. The van der Waals surface area contributed by atoms with Crippen LogP contribution in [0.4, 0.5) is 5.69 Å². The highest BCUT2D eigenvalue weighted by molar-refractivity contribution is 6.35. The van der Waals surface area contributed by atoms with Crippen LogP contribution in [0.5, 0.6) is 5.75 Å². The summed E-state index contributed by atoms with van der Waals surface area (Å²) in [6, 6.07) is -0.318. The number of aromatic hydroxyl groups is 1. The molecular weight excluding hydrogens is 556 g/mol. The molecule has 2 saturated carbocycles. The van der Waals surface area contributed by atoms with Crippen LogP contribution in [0.25, 0.3) is 0 Å². The number of carbonyl (C=O) groups excluding carboxylic acids is 6. The first-order chi connectivity index (χ1) is 19.1. The molecule has 7 atom stereocenters. The Morgan fingerprint density at radius 3 is 2.32 bits per heavy atom. The monoisotopic (exact) mass is 590 g/mol. The molecule has 3 aliphatic rings. The van der Waals surface area contributed by atoms with Crippen LogP contribution in [0.2, 0.25) is 5.02 Å². The third-order valence-corrected chi connectivity index (χ3v) is 9.29. The lowest BCUT2D eigenvalue weighted by atomic mass is 9.52. The number of hydrogen-bond donors (Lipinski definition) is 4. The van der Waals surface area contributed by atoms with Crippen LogP contribution < -0.4 is 11.1 Å². The second-order valence-electron chi connectivity index (χ2n) is 11.3. The topological polar surface area (TPSA) is 187 Å². The van der Waals surface area contributed by atoms with Crippen molar-refractivity contribution in [2.75, 3.05) is 32.5 Å². The van der Waals surface area contributed by atoms with E-state index in [4.69, 9.17) is 17.3 Å². The number of ketones is 4. The summed E-state index contributed by atoms with van der Waals surface area (Å²) >= 11 is 6.45. The summed E-state index contributed by atoms with van der Waals surface area (Å²) < 4.78 is 0. The van der Waals surface area contributed by atoms with Gasteiger partial charge in [-0.1, -0.05) is 25.4 Å². The summed E-state index contributed by atoms with van der Waals surface area (Å²) in [4.78, 5) is 82.6. The van der Waals surface area contributed by atoms with E-state index >= 15 is 0 Å². The fourth-order valence-corrected chi connectivity index (χ4v) is 7.18. The average Bonchev–Trinajstić information content (AvgIpc) is 2.88. The van der Waals surface area contributed by atoms with Crippen LogP contribution in [0.3, 0.4) is 0 Å². The van der Waals surface area contributed by atoms with Gasteiger partial charge in [0.05, 0.1) is 28.6 Å². The molecule has 0 heterocycles. The molecule has 222 valence electrons. The SMILES string of the molecule is CCN(CC)C(C)C(=O)Nc1c(Cl)cc2c(c1O)C(=O)C1C(=O)[C@]3(O)C(=O)C(C(N)=O)C(=O)[C@@H](N(C)C)C3CC1C2. The molecule has 0 bridgehead atoms. The maximum Gasteiger partial charge on any atom is 0.241 e. The number of halogens is 1. The Bertz CT molecular complexity index is 1360. The minimum absolute atomic E-state index is 0.00951. The summed E-state index contributed by atoms with van der Waals surface area (Å²) in [7, 11) is 3.03. The zero-order chi connectivity index (χ0) is 30.7. The smallest absolute Gasteiger partial charge is 0.241 e. The van der Waals surface area contributed by atoms with E-state index in [0.29, 0.717) is 18.7 Å². The van der Waals surface area contributed by atoms with E-state index in [2.05, 4.69) is 5.32 Å². The van der Waals surface area contributed by atoms with Gasteiger partial charge >= 0.3 is 0 Å². The number of rotatable bonds is 7. The number of benzene rings is 1. The number of fused-ring (bicyclic) bond motifs is 3. The summed E-state index contributed by atoms with van der Waals surface area (Å²) in [5.74, 6) is -12.0. The number of anilines is 1. The van der Waals surface area contributed by atoms with Gasteiger partial charge in [-0.3, -0.25) is 38.6 Å². The van der Waals surface area contributed by atoms with E-state index in [0.717, 1.165) is 0 Å². The number of nitrogens with zero attached hydrogens (tertiary/aromatic N) is 2. The molecule has 5 N–H and O–H groups in total. The Kier molecular flexibility index (Phi) is 8.18. The Hall–Kier alpha value is -3.19. The van der Waals surface area contributed by atoms with Crippen molar-refractivity contribution in [2.45, 2.75) is 51.3 Å². The maximum absolute atomic E-state index is 13.9. The number of hydrogen-bond acceptors (Lipinski definition) is 10. The van der Waals surface area contributed by atoms with Gasteiger partial charge in [0.1, 0.15) is 5.69 Å². The van der Waals surface area contributed by atoms with Gasteiger partial charge in [0.25, 0.3) is 0 Å². The van der Waals surface area contributed by atoms with Gasteiger partial charge in [-0.15, -0.1) is 0 Å². The standard InChI is InChI=1S/C28H35ClN4O8/c1-6-33(7-2)11(3)27(40)31-19-15(29)10-13-8-12-9-14-20(32(4)5)23(36)18(26(30)39)25(38)28(14,41)24(37)17(12)21(34)16(13)22(19)35/h10-12,14,17-18,20,35,41H,6-9H2,1-5H3,(H2,30,39)(H,31,40)/t11?,12?,14?,17?,18?,20-,28-/m0/s1. The molecule has 0 radical (unpaired) electrons. The first-order valence-corrected chi connectivity index (χ1v) is 13.9. The lowest BCUT2D eigenvalue weighted by Gasteiger charge is -2.52. The van der Waals surface area contributed by atoms with Gasteiger partial charge < -0.3 is 21.3 Å². The summed E-state index contributed by atoms with van der Waals surface area (Å²) in [6.45, 7) is 6.66. The maximum atomic E-state index is 13.9. The molecule has 12 nitrogen and oxygen atoms in total. The largest absolute Gasteiger partial charge is 0.505 e. The molecule has 5 unspecified atom stereocenters. The van der Waals surface area contributed by atoms with E-state index in [1.165, 1.54) is 25.1 Å². The minimum Gasteiger partial charge on any atom is -0.505 e. The highest BCUT2D eigenvalue weighted by Gasteiger charge is 2.69. The van der Waals surface area contributed by atoms with Crippen LogP contribution >= 0.6 is 11.6 Å². The predicted octanol–water partition coefficient (Wildman–Crippen LogP) is 0.189. The van der Waals surface area contributed by atoms with Gasteiger partial charge in [-0.05, 0) is 64.5 Å². The van der Waals surface area contributed by atoms with Crippen LogP contribution in [-0.2, 0) is 30.4 Å². The van der Waals surface area contributed by atoms with Gasteiger partial charge in [0, 0.05) is 5.92 Å². The third kappa shape index (κ3) is 4.57. The van der Waals surface area contributed by atoms with Crippen molar-refractivity contribution in [3.63, 3.8) is 0 Å². The molecule has 3 aliphatic carbocycles. The zero-order valence-corrected chi connectivity index (χ0v) is 24.3. The molecule has 4 rings (SSSR count). The minimum atomic E-state index is -2.81. The molecule has 0 saturated heterocycles. The van der Waals surface area contributed by atoms with Crippen LogP contribution in [0.1, 0.15) is 43.1 Å². The molecule has 0 aliphatic heterocycles. The summed E-state index contributed by atoms with van der Waals surface area (Å²) in [6.07, 6.45) is 0.00530. The summed E-state index contributed by atoms with van der Waals surface area (Å²) in [5, 5.41) is 25.4. The average molecular weight is 591 g/mol. The number of nitrogens with two attached hydrogens (primary N) is 1. The van der Waals surface area contributed by atoms with E-state index in [1.807, 2.05) is 18.7 Å². The summed E-state index contributed by atoms with van der Waals surface area (Å²) in [5.41, 5.74) is 2.42. The highest BCUT2D eigenvalue weighted by Crippen LogP contribution is 2.52. The van der Waals surface area contributed by atoms with E-state index in [-0.39, 0.29) is 29.1 Å². The first kappa shape index (κ1) is 30.8. The van der Waals surface area contributed by atoms with Gasteiger partial charge in [0.15, 0.2) is 40.4 Å². The van der Waals surface area contributed by atoms with E-state index < -0.39 is 82.1 Å². The van der Waals surface area contributed by atoms with Crippen LogP contribution in [0, 0.1) is 23.7 Å². The predicted molar refractivity (Wildman–Crippen MR) is 147 cm³/mol. The molecule has 13 heteroatoms. The van der Waals surface area contributed by atoms with Gasteiger partial charge in [0.2, 0.25) is 11.8 Å². The zero-order valence-electron chi connectivity index (χ0n) is 23.6. The molecule has 1 aromatic carbocycles. The van der Waals surface area contributed by atoms with Gasteiger partial charge in [-0.25, -0.2) is 0 Å². The lowest BCUT2D eigenvalue weighted by Crippen LogP contribution is -2.74. The number of amides is 2. The van der Waals surface area contributed by atoms with Crippen molar-refractivity contribution in [3.05, 3.63) is 22.2 Å². The van der Waals surface area contributed by atoms with E-state index in [9.17, 15) is 39.0 Å². The van der Waals surface area contributed by atoms with Gasteiger partial charge in [-0.2, -0.15) is 0 Å². The van der Waals surface area contributed by atoms with E-state index in [1.54, 1.807) is 6.92 Å². The number of Topliss-reactive ketones (excluding diaryl/α,β-unsaturated/α-hetero) is 4. The van der Waals surface area contributed by atoms with Crippen LogP contribution in [0.15, 0.2) is 6.07 Å². The first-order valence-electron chi connectivity index (χ1n) is 13.6. The Morgan fingerprint density at radius 2 is 1.78 bits per heavy atom. The van der Waals surface area contributed by atoms with Crippen molar-refractivity contribution in [1.82, 2.24) is 9.80 Å².